The fraction of sp³-hybridized carbons (Fsp3) is 0.417. The van der Waals surface area contributed by atoms with Crippen molar-refractivity contribution >= 4 is 27.5 Å². The number of halogens is 1. The molecule has 1 aliphatic heterocycles. The minimum Gasteiger partial charge on any atom is -0.394 e. The number of carbonyl (C=O) groups excluding carboxylic acids is 1. The predicted octanol–water partition coefficient (Wildman–Crippen LogP) is 1.14. The summed E-state index contributed by atoms with van der Waals surface area (Å²) in [6.07, 6.45) is 0.887. The molecule has 17 heavy (non-hydrogen) atoms. The maximum Gasteiger partial charge on any atom is 0.246 e. The Kier molecular flexibility index (Phi) is 4.15. The molecule has 1 aliphatic rings. The predicted molar refractivity (Wildman–Crippen MR) is 70.0 cm³/mol. The van der Waals surface area contributed by atoms with Gasteiger partial charge in [0.05, 0.1) is 6.61 Å². The lowest BCUT2D eigenvalue weighted by molar-refractivity contribution is -0.121. The number of carbonyl (C=O) groups is 1. The zero-order valence-electron chi connectivity index (χ0n) is 9.40. The van der Waals surface area contributed by atoms with E-state index in [-0.39, 0.29) is 12.5 Å². The topological polar surface area (TPSA) is 52.6 Å². The van der Waals surface area contributed by atoms with Gasteiger partial charge in [0.15, 0.2) is 0 Å². The summed E-state index contributed by atoms with van der Waals surface area (Å²) >= 11 is 3.37. The lowest BCUT2D eigenvalue weighted by Gasteiger charge is -2.23. The highest BCUT2D eigenvalue weighted by Gasteiger charge is 2.26. The number of amides is 1. The van der Waals surface area contributed by atoms with Crippen LogP contribution in [0.1, 0.15) is 6.42 Å². The quantitative estimate of drug-likeness (QED) is 0.861. The largest absolute Gasteiger partial charge is 0.394 e. The average Bonchev–Trinajstić information content (AvgIpc) is 2.52. The van der Waals surface area contributed by atoms with Crippen LogP contribution < -0.4 is 10.2 Å². The molecule has 0 saturated carbocycles. The van der Waals surface area contributed by atoms with Crippen molar-refractivity contribution in [2.24, 2.45) is 0 Å². The van der Waals surface area contributed by atoms with Crippen LogP contribution in [0.2, 0.25) is 0 Å². The number of anilines is 1. The van der Waals surface area contributed by atoms with Gasteiger partial charge in [0, 0.05) is 16.7 Å². The van der Waals surface area contributed by atoms with Crippen molar-refractivity contribution in [3.8, 4) is 0 Å². The summed E-state index contributed by atoms with van der Waals surface area (Å²) in [4.78, 5) is 13.9. The molecule has 0 aromatic heterocycles. The maximum atomic E-state index is 12.2. The molecule has 1 fully saturated rings. The van der Waals surface area contributed by atoms with Gasteiger partial charge in [-0.3, -0.25) is 4.79 Å². The minimum atomic E-state index is -0.485. The summed E-state index contributed by atoms with van der Waals surface area (Å²) in [5, 5.41) is 12.2. The van der Waals surface area contributed by atoms with Gasteiger partial charge < -0.3 is 15.3 Å². The third kappa shape index (κ3) is 2.86. The molecule has 1 unspecified atom stereocenters. The van der Waals surface area contributed by atoms with Crippen LogP contribution in [0.4, 0.5) is 5.69 Å². The Morgan fingerprint density at radius 2 is 2.12 bits per heavy atom. The monoisotopic (exact) mass is 298 g/mol. The summed E-state index contributed by atoms with van der Waals surface area (Å²) in [6.45, 7) is 1.28. The molecule has 4 nitrogen and oxygen atoms in total. The number of rotatable bonds is 2. The Morgan fingerprint density at radius 3 is 2.76 bits per heavy atom. The molecule has 1 atom stereocenters. The number of aliphatic hydroxyl groups excluding tert-OH is 1. The van der Waals surface area contributed by atoms with Gasteiger partial charge in [0.2, 0.25) is 5.91 Å². The number of hydrogen-bond donors (Lipinski definition) is 2. The highest BCUT2D eigenvalue weighted by Crippen LogP contribution is 2.20. The number of nitrogens with one attached hydrogen (secondary N) is 1. The van der Waals surface area contributed by atoms with Crippen molar-refractivity contribution < 1.29 is 9.90 Å². The van der Waals surface area contributed by atoms with E-state index in [1.165, 1.54) is 0 Å². The summed E-state index contributed by atoms with van der Waals surface area (Å²) in [5.74, 6) is -0.0627. The van der Waals surface area contributed by atoms with Crippen molar-refractivity contribution in [2.45, 2.75) is 12.5 Å². The molecule has 2 N–H and O–H groups in total. The molecule has 1 saturated heterocycles. The Balaban J connectivity index is 2.23. The van der Waals surface area contributed by atoms with Crippen LogP contribution in [0.5, 0.6) is 0 Å². The van der Waals surface area contributed by atoms with E-state index in [9.17, 15) is 9.90 Å². The fourth-order valence-corrected chi connectivity index (χ4v) is 2.18. The minimum absolute atomic E-state index is 0.0627. The van der Waals surface area contributed by atoms with Crippen molar-refractivity contribution in [1.82, 2.24) is 5.32 Å². The molecule has 0 bridgehead atoms. The van der Waals surface area contributed by atoms with E-state index >= 15 is 0 Å². The van der Waals surface area contributed by atoms with Crippen LogP contribution in [0, 0.1) is 0 Å². The summed E-state index contributed by atoms with van der Waals surface area (Å²) in [6, 6.07) is 7.15. The number of aliphatic hydroxyl groups is 1. The van der Waals surface area contributed by atoms with Gasteiger partial charge in [-0.25, -0.2) is 0 Å². The second-order valence-corrected chi connectivity index (χ2v) is 4.92. The van der Waals surface area contributed by atoms with E-state index in [2.05, 4.69) is 21.2 Å². The van der Waals surface area contributed by atoms with Gasteiger partial charge in [0.1, 0.15) is 6.04 Å². The van der Waals surface area contributed by atoms with Gasteiger partial charge in [-0.1, -0.05) is 15.9 Å². The van der Waals surface area contributed by atoms with Gasteiger partial charge in [0.25, 0.3) is 0 Å². The summed E-state index contributed by atoms with van der Waals surface area (Å²) in [5.41, 5.74) is 0.875. The molecule has 1 aromatic rings. The normalized spacial score (nSPS) is 21.4. The van der Waals surface area contributed by atoms with E-state index in [4.69, 9.17) is 0 Å². The van der Waals surface area contributed by atoms with E-state index in [1.54, 1.807) is 4.90 Å². The molecule has 1 heterocycles. The standard InChI is InChI=1S/C12H15BrN2O2/c13-9-2-4-10(5-3-9)15-7-1-6-14-11(8-16)12(15)17/h2-5,11,14,16H,1,6-8H2. The van der Waals surface area contributed by atoms with Gasteiger partial charge in [-0.2, -0.15) is 0 Å². The first-order valence-corrected chi connectivity index (χ1v) is 6.43. The zero-order chi connectivity index (χ0) is 12.3. The third-order valence-corrected chi connectivity index (χ3v) is 3.36. The Morgan fingerprint density at radius 1 is 1.41 bits per heavy atom. The second kappa shape index (κ2) is 5.62. The Labute approximate surface area is 109 Å². The molecule has 0 radical (unpaired) electrons. The number of benzene rings is 1. The van der Waals surface area contributed by atoms with Crippen molar-refractivity contribution in [3.63, 3.8) is 0 Å². The summed E-state index contributed by atoms with van der Waals surface area (Å²) in [7, 11) is 0. The van der Waals surface area contributed by atoms with Crippen LogP contribution in [-0.4, -0.2) is 36.8 Å². The first-order valence-electron chi connectivity index (χ1n) is 5.63. The lowest BCUT2D eigenvalue weighted by atomic mass is 10.2. The first-order chi connectivity index (χ1) is 8.22. The second-order valence-electron chi connectivity index (χ2n) is 4.01. The molecule has 1 aromatic carbocycles. The highest BCUT2D eigenvalue weighted by molar-refractivity contribution is 9.10. The van der Waals surface area contributed by atoms with Crippen LogP contribution in [0.15, 0.2) is 28.7 Å². The smallest absolute Gasteiger partial charge is 0.246 e. The molecule has 92 valence electrons. The summed E-state index contributed by atoms with van der Waals surface area (Å²) < 4.78 is 0.986. The van der Waals surface area contributed by atoms with Gasteiger partial charge in [-0.15, -0.1) is 0 Å². The molecule has 0 aliphatic carbocycles. The molecule has 5 heteroatoms. The lowest BCUT2D eigenvalue weighted by Crippen LogP contribution is -2.45. The van der Waals surface area contributed by atoms with E-state index < -0.39 is 6.04 Å². The average molecular weight is 299 g/mol. The molecule has 2 rings (SSSR count). The van der Waals surface area contributed by atoms with E-state index in [0.29, 0.717) is 6.54 Å². The molecule has 0 spiro atoms. The van der Waals surface area contributed by atoms with E-state index in [0.717, 1.165) is 23.1 Å². The van der Waals surface area contributed by atoms with Crippen LogP contribution in [0.25, 0.3) is 0 Å². The Bertz CT molecular complexity index is 394. The van der Waals surface area contributed by atoms with Crippen molar-refractivity contribution in [3.05, 3.63) is 28.7 Å². The SMILES string of the molecule is O=C1C(CO)NCCCN1c1ccc(Br)cc1. The number of hydrogen-bond acceptors (Lipinski definition) is 3. The number of nitrogens with zero attached hydrogens (tertiary/aromatic N) is 1. The third-order valence-electron chi connectivity index (χ3n) is 2.83. The maximum absolute atomic E-state index is 12.2. The molecule has 1 amide bonds. The van der Waals surface area contributed by atoms with Crippen LogP contribution in [0.3, 0.4) is 0 Å². The van der Waals surface area contributed by atoms with Crippen molar-refractivity contribution in [1.29, 1.82) is 0 Å². The highest BCUT2D eigenvalue weighted by atomic mass is 79.9. The zero-order valence-corrected chi connectivity index (χ0v) is 11.0. The van der Waals surface area contributed by atoms with Gasteiger partial charge >= 0.3 is 0 Å². The Hall–Kier alpha value is -0.910. The molecular formula is C12H15BrN2O2. The van der Waals surface area contributed by atoms with Crippen LogP contribution in [-0.2, 0) is 4.79 Å². The van der Waals surface area contributed by atoms with Gasteiger partial charge in [-0.05, 0) is 37.2 Å². The van der Waals surface area contributed by atoms with E-state index in [1.807, 2.05) is 24.3 Å². The first kappa shape index (κ1) is 12.5. The van der Waals surface area contributed by atoms with Crippen molar-refractivity contribution in [2.75, 3.05) is 24.6 Å². The molecular weight excluding hydrogens is 284 g/mol. The van der Waals surface area contributed by atoms with Crippen LogP contribution >= 0.6 is 15.9 Å². The fourth-order valence-electron chi connectivity index (χ4n) is 1.92.